The van der Waals surface area contributed by atoms with Crippen molar-refractivity contribution in [2.75, 3.05) is 39.3 Å². The van der Waals surface area contributed by atoms with Crippen LogP contribution in [-0.2, 0) is 4.79 Å². The highest BCUT2D eigenvalue weighted by molar-refractivity contribution is 5.77. The number of nitrogens with one attached hydrogen (secondary N) is 1. The number of nitrogens with zero attached hydrogens (tertiary/aromatic N) is 2. The van der Waals surface area contributed by atoms with Crippen LogP contribution in [0.3, 0.4) is 0 Å². The average molecular weight is 267 g/mol. The zero-order valence-electron chi connectivity index (χ0n) is 12.5. The van der Waals surface area contributed by atoms with Crippen molar-refractivity contribution >= 4 is 5.91 Å². The molecule has 19 heavy (non-hydrogen) atoms. The smallest absolute Gasteiger partial charge is 0.222 e. The van der Waals surface area contributed by atoms with Crippen LogP contribution in [0.2, 0.25) is 0 Å². The highest BCUT2D eigenvalue weighted by Gasteiger charge is 2.24. The summed E-state index contributed by atoms with van der Waals surface area (Å²) in [5, 5.41) is 3.69. The van der Waals surface area contributed by atoms with E-state index in [1.807, 2.05) is 4.90 Å². The molecule has 2 fully saturated rings. The summed E-state index contributed by atoms with van der Waals surface area (Å²) >= 11 is 0. The molecule has 0 aromatic rings. The van der Waals surface area contributed by atoms with Crippen LogP contribution in [0.25, 0.3) is 0 Å². The van der Waals surface area contributed by atoms with Gasteiger partial charge in [-0.15, -0.1) is 0 Å². The fourth-order valence-electron chi connectivity index (χ4n) is 3.32. The fourth-order valence-corrected chi connectivity index (χ4v) is 3.32. The number of hydrogen-bond acceptors (Lipinski definition) is 3. The second-order valence-electron chi connectivity index (χ2n) is 6.06. The summed E-state index contributed by atoms with van der Waals surface area (Å²) in [5.41, 5.74) is 0. The van der Waals surface area contributed by atoms with E-state index in [1.165, 1.54) is 26.1 Å². The van der Waals surface area contributed by atoms with Gasteiger partial charge in [-0.1, -0.05) is 13.8 Å². The molecule has 1 amide bonds. The van der Waals surface area contributed by atoms with Gasteiger partial charge in [-0.3, -0.25) is 4.79 Å². The SMILES string of the molecule is CCN1CCC(NCCCN2CCCC2=O)C(C)C1. The van der Waals surface area contributed by atoms with Crippen molar-refractivity contribution < 1.29 is 4.79 Å². The highest BCUT2D eigenvalue weighted by Crippen LogP contribution is 2.16. The zero-order chi connectivity index (χ0) is 13.7. The van der Waals surface area contributed by atoms with Crippen LogP contribution < -0.4 is 5.32 Å². The Hall–Kier alpha value is -0.610. The predicted octanol–water partition coefficient (Wildman–Crippen LogP) is 1.32. The third kappa shape index (κ3) is 4.18. The average Bonchev–Trinajstić information content (AvgIpc) is 2.81. The van der Waals surface area contributed by atoms with Gasteiger partial charge < -0.3 is 15.1 Å². The summed E-state index contributed by atoms with van der Waals surface area (Å²) in [6, 6.07) is 0.664. The Morgan fingerprint density at radius 3 is 2.84 bits per heavy atom. The Bertz CT molecular complexity index is 295. The minimum absolute atomic E-state index is 0.352. The van der Waals surface area contributed by atoms with Gasteiger partial charge in [0.2, 0.25) is 5.91 Å². The molecular formula is C15H29N3O. The molecule has 0 saturated carbocycles. The number of hydrogen-bond donors (Lipinski definition) is 1. The largest absolute Gasteiger partial charge is 0.343 e. The molecule has 2 saturated heterocycles. The maximum atomic E-state index is 11.5. The van der Waals surface area contributed by atoms with Crippen molar-refractivity contribution in [2.45, 2.75) is 45.6 Å². The lowest BCUT2D eigenvalue weighted by Gasteiger charge is -2.37. The van der Waals surface area contributed by atoms with Gasteiger partial charge in [-0.25, -0.2) is 0 Å². The van der Waals surface area contributed by atoms with Gasteiger partial charge >= 0.3 is 0 Å². The second kappa shape index (κ2) is 7.25. The summed E-state index contributed by atoms with van der Waals surface area (Å²) in [6.07, 6.45) is 4.17. The molecule has 2 atom stereocenters. The maximum Gasteiger partial charge on any atom is 0.222 e. The van der Waals surface area contributed by atoms with Crippen molar-refractivity contribution in [3.05, 3.63) is 0 Å². The number of carbonyl (C=O) groups is 1. The van der Waals surface area contributed by atoms with Crippen molar-refractivity contribution in [3.8, 4) is 0 Å². The Kier molecular flexibility index (Phi) is 5.64. The lowest BCUT2D eigenvalue weighted by molar-refractivity contribution is -0.127. The predicted molar refractivity (Wildman–Crippen MR) is 78.1 cm³/mol. The molecule has 0 aromatic carbocycles. The van der Waals surface area contributed by atoms with Crippen molar-refractivity contribution in [1.29, 1.82) is 0 Å². The van der Waals surface area contributed by atoms with E-state index in [-0.39, 0.29) is 0 Å². The topological polar surface area (TPSA) is 35.6 Å². The molecule has 2 unspecified atom stereocenters. The van der Waals surface area contributed by atoms with Crippen LogP contribution in [0, 0.1) is 5.92 Å². The fraction of sp³-hybridized carbons (Fsp3) is 0.933. The molecule has 110 valence electrons. The minimum atomic E-state index is 0.352. The molecule has 2 rings (SSSR count). The van der Waals surface area contributed by atoms with Crippen LogP contribution in [0.1, 0.15) is 39.5 Å². The van der Waals surface area contributed by atoms with Crippen LogP contribution in [0.5, 0.6) is 0 Å². The molecule has 0 bridgehead atoms. The van der Waals surface area contributed by atoms with Gasteiger partial charge in [-0.2, -0.15) is 0 Å². The van der Waals surface area contributed by atoms with Crippen LogP contribution >= 0.6 is 0 Å². The van der Waals surface area contributed by atoms with E-state index in [0.717, 1.165) is 44.8 Å². The summed E-state index contributed by atoms with van der Waals surface area (Å²) in [4.78, 5) is 16.0. The Labute approximate surface area is 117 Å². The molecule has 0 aliphatic carbocycles. The van der Waals surface area contributed by atoms with Gasteiger partial charge in [-0.05, 0) is 44.8 Å². The second-order valence-corrected chi connectivity index (χ2v) is 6.06. The van der Waals surface area contributed by atoms with Crippen LogP contribution in [-0.4, -0.2) is 61.0 Å². The molecule has 0 radical (unpaired) electrons. The van der Waals surface area contributed by atoms with Gasteiger partial charge in [0.05, 0.1) is 0 Å². The first kappa shape index (κ1) is 14.8. The first-order valence-corrected chi connectivity index (χ1v) is 7.94. The minimum Gasteiger partial charge on any atom is -0.343 e. The van der Waals surface area contributed by atoms with Crippen LogP contribution in [0.4, 0.5) is 0 Å². The van der Waals surface area contributed by atoms with E-state index >= 15 is 0 Å². The van der Waals surface area contributed by atoms with E-state index in [2.05, 4.69) is 24.1 Å². The van der Waals surface area contributed by atoms with Gasteiger partial charge in [0.15, 0.2) is 0 Å². The molecular weight excluding hydrogens is 238 g/mol. The maximum absolute atomic E-state index is 11.5. The molecule has 4 heteroatoms. The number of likely N-dealkylation sites (tertiary alicyclic amines) is 2. The number of amides is 1. The third-order valence-corrected chi connectivity index (χ3v) is 4.62. The van der Waals surface area contributed by atoms with E-state index in [1.54, 1.807) is 0 Å². The molecule has 0 spiro atoms. The summed E-state index contributed by atoms with van der Waals surface area (Å²) in [6.45, 7) is 11.2. The van der Waals surface area contributed by atoms with E-state index in [0.29, 0.717) is 11.9 Å². The van der Waals surface area contributed by atoms with Gasteiger partial charge in [0.25, 0.3) is 0 Å². The number of piperidine rings is 1. The quantitative estimate of drug-likeness (QED) is 0.737. The molecule has 2 aliphatic rings. The molecule has 4 nitrogen and oxygen atoms in total. The van der Waals surface area contributed by atoms with E-state index in [4.69, 9.17) is 0 Å². The van der Waals surface area contributed by atoms with Crippen LogP contribution in [0.15, 0.2) is 0 Å². The van der Waals surface area contributed by atoms with E-state index in [9.17, 15) is 4.79 Å². The first-order valence-electron chi connectivity index (χ1n) is 7.94. The molecule has 1 N–H and O–H groups in total. The Morgan fingerprint density at radius 1 is 1.37 bits per heavy atom. The normalized spacial score (nSPS) is 29.2. The summed E-state index contributed by atoms with van der Waals surface area (Å²) < 4.78 is 0. The summed E-state index contributed by atoms with van der Waals surface area (Å²) in [7, 11) is 0. The van der Waals surface area contributed by atoms with E-state index < -0.39 is 0 Å². The molecule has 0 aromatic heterocycles. The molecule has 2 heterocycles. The lowest BCUT2D eigenvalue weighted by Crippen LogP contribution is -2.48. The molecule has 2 aliphatic heterocycles. The summed E-state index contributed by atoms with van der Waals surface area (Å²) in [5.74, 6) is 1.09. The third-order valence-electron chi connectivity index (χ3n) is 4.62. The van der Waals surface area contributed by atoms with Crippen molar-refractivity contribution in [3.63, 3.8) is 0 Å². The Balaban J connectivity index is 1.59. The lowest BCUT2D eigenvalue weighted by atomic mass is 9.94. The Morgan fingerprint density at radius 2 is 2.21 bits per heavy atom. The van der Waals surface area contributed by atoms with Gasteiger partial charge in [0, 0.05) is 32.1 Å². The van der Waals surface area contributed by atoms with Crippen molar-refractivity contribution in [1.82, 2.24) is 15.1 Å². The highest BCUT2D eigenvalue weighted by atomic mass is 16.2. The monoisotopic (exact) mass is 267 g/mol. The number of rotatable bonds is 6. The zero-order valence-corrected chi connectivity index (χ0v) is 12.5. The van der Waals surface area contributed by atoms with Gasteiger partial charge in [0.1, 0.15) is 0 Å². The standard InChI is InChI=1S/C15H29N3O/c1-3-17-11-7-14(13(2)12-17)16-8-5-10-18-9-4-6-15(18)19/h13-14,16H,3-12H2,1-2H3. The number of carbonyl (C=O) groups excluding carboxylic acids is 1. The van der Waals surface area contributed by atoms with Crippen molar-refractivity contribution in [2.24, 2.45) is 5.92 Å². The first-order chi connectivity index (χ1) is 9.20.